The Bertz CT molecular complexity index is 1110. The Morgan fingerprint density at radius 1 is 1.26 bits per heavy atom. The van der Waals surface area contributed by atoms with Crippen LogP contribution in [0.1, 0.15) is 48.4 Å². The van der Waals surface area contributed by atoms with Gasteiger partial charge in [0.1, 0.15) is 17.2 Å². The zero-order chi connectivity index (χ0) is 18.9. The van der Waals surface area contributed by atoms with Crippen LogP contribution in [0.2, 0.25) is 0 Å². The molecule has 0 saturated heterocycles. The number of nitrogens with one attached hydrogen (secondary N) is 3. The second-order valence-electron chi connectivity index (χ2n) is 7.75. The van der Waals surface area contributed by atoms with Gasteiger partial charge in [-0.05, 0) is 51.8 Å². The number of H-pyrrole nitrogens is 1. The highest BCUT2D eigenvalue weighted by molar-refractivity contribution is 6.02. The Morgan fingerprint density at radius 2 is 2.04 bits per heavy atom. The SMILES string of the molecule is Cc1nc2ccc(F)c(-c3cc4c([nH]3)C3(CC3)NC4=O)c2nc1NC(C)C. The van der Waals surface area contributed by atoms with E-state index < -0.39 is 0 Å². The van der Waals surface area contributed by atoms with Gasteiger partial charge in [-0.15, -0.1) is 0 Å². The quantitative estimate of drug-likeness (QED) is 0.662. The van der Waals surface area contributed by atoms with Crippen molar-refractivity contribution in [3.63, 3.8) is 0 Å². The fourth-order valence-corrected chi connectivity index (χ4v) is 3.84. The van der Waals surface area contributed by atoms with Crippen molar-refractivity contribution in [2.45, 2.75) is 45.2 Å². The number of amides is 1. The molecule has 0 unspecified atom stereocenters. The number of benzene rings is 1. The van der Waals surface area contributed by atoms with Gasteiger partial charge in [-0.1, -0.05) is 0 Å². The van der Waals surface area contributed by atoms with E-state index in [4.69, 9.17) is 0 Å². The molecule has 27 heavy (non-hydrogen) atoms. The number of fused-ring (bicyclic) bond motifs is 3. The van der Waals surface area contributed by atoms with Crippen molar-refractivity contribution >= 4 is 22.8 Å². The van der Waals surface area contributed by atoms with Gasteiger partial charge in [-0.3, -0.25) is 4.79 Å². The van der Waals surface area contributed by atoms with Crippen LogP contribution in [-0.2, 0) is 5.54 Å². The summed E-state index contributed by atoms with van der Waals surface area (Å²) in [4.78, 5) is 24.8. The molecule has 0 atom stereocenters. The number of nitrogens with zero attached hydrogens (tertiary/aromatic N) is 2. The highest BCUT2D eigenvalue weighted by Crippen LogP contribution is 2.51. The largest absolute Gasteiger partial charge is 0.366 e. The molecule has 1 fully saturated rings. The molecule has 5 rings (SSSR count). The van der Waals surface area contributed by atoms with Gasteiger partial charge in [0.15, 0.2) is 0 Å². The van der Waals surface area contributed by atoms with Gasteiger partial charge in [0, 0.05) is 6.04 Å². The fraction of sp³-hybridized carbons (Fsp3) is 0.350. The summed E-state index contributed by atoms with van der Waals surface area (Å²) in [6, 6.07) is 4.95. The molecule has 1 aromatic carbocycles. The van der Waals surface area contributed by atoms with Crippen LogP contribution in [0.15, 0.2) is 18.2 Å². The Morgan fingerprint density at radius 3 is 2.74 bits per heavy atom. The lowest BCUT2D eigenvalue weighted by Crippen LogP contribution is -2.26. The zero-order valence-corrected chi connectivity index (χ0v) is 15.4. The molecule has 6 nitrogen and oxygen atoms in total. The van der Waals surface area contributed by atoms with E-state index in [-0.39, 0.29) is 23.3 Å². The lowest BCUT2D eigenvalue weighted by Gasteiger charge is -2.14. The number of aryl methyl sites for hydroxylation is 1. The van der Waals surface area contributed by atoms with Crippen LogP contribution < -0.4 is 10.6 Å². The molecule has 2 aromatic heterocycles. The molecule has 1 amide bonds. The summed E-state index contributed by atoms with van der Waals surface area (Å²) < 4.78 is 14.9. The third-order valence-electron chi connectivity index (χ3n) is 5.30. The van der Waals surface area contributed by atoms with Crippen molar-refractivity contribution < 1.29 is 9.18 Å². The molecule has 3 N–H and O–H groups in total. The summed E-state index contributed by atoms with van der Waals surface area (Å²) in [7, 11) is 0. The topological polar surface area (TPSA) is 82.7 Å². The Labute approximate surface area is 155 Å². The summed E-state index contributed by atoms with van der Waals surface area (Å²) in [5.41, 5.74) is 3.96. The average Bonchev–Trinajstić information content (AvgIpc) is 3.15. The van der Waals surface area contributed by atoms with Crippen LogP contribution in [-0.4, -0.2) is 26.9 Å². The predicted octanol–water partition coefficient (Wildman–Crippen LogP) is 3.63. The number of rotatable bonds is 3. The van der Waals surface area contributed by atoms with Gasteiger partial charge in [-0.25, -0.2) is 14.4 Å². The number of carbonyl (C=O) groups is 1. The van der Waals surface area contributed by atoms with Gasteiger partial charge in [0.25, 0.3) is 5.91 Å². The molecule has 1 spiro atoms. The molecule has 3 heterocycles. The van der Waals surface area contributed by atoms with Gasteiger partial charge < -0.3 is 15.6 Å². The Hall–Kier alpha value is -2.96. The number of halogens is 1. The lowest BCUT2D eigenvalue weighted by molar-refractivity contribution is 0.0952. The molecular formula is C20H20FN5O. The highest BCUT2D eigenvalue weighted by atomic mass is 19.1. The van der Waals surface area contributed by atoms with Gasteiger partial charge >= 0.3 is 0 Å². The van der Waals surface area contributed by atoms with E-state index in [2.05, 4.69) is 25.6 Å². The van der Waals surface area contributed by atoms with Crippen molar-refractivity contribution in [3.8, 4) is 11.3 Å². The monoisotopic (exact) mass is 365 g/mol. The van der Waals surface area contributed by atoms with E-state index in [1.54, 1.807) is 12.1 Å². The van der Waals surface area contributed by atoms with E-state index in [1.165, 1.54) is 6.07 Å². The summed E-state index contributed by atoms with van der Waals surface area (Å²) in [5, 5.41) is 6.28. The van der Waals surface area contributed by atoms with Gasteiger partial charge in [0.2, 0.25) is 0 Å². The number of aromatic amines is 1. The molecule has 1 saturated carbocycles. The molecule has 3 aromatic rings. The minimum Gasteiger partial charge on any atom is -0.366 e. The van der Waals surface area contributed by atoms with Crippen LogP contribution in [0, 0.1) is 12.7 Å². The number of carbonyl (C=O) groups excluding carboxylic acids is 1. The zero-order valence-electron chi connectivity index (χ0n) is 15.4. The lowest BCUT2D eigenvalue weighted by atomic mass is 10.1. The van der Waals surface area contributed by atoms with Crippen molar-refractivity contribution in [2.24, 2.45) is 0 Å². The smallest absolute Gasteiger partial charge is 0.253 e. The van der Waals surface area contributed by atoms with Gasteiger partial charge in [-0.2, -0.15) is 0 Å². The number of hydrogen-bond donors (Lipinski definition) is 3. The molecule has 2 aliphatic rings. The van der Waals surface area contributed by atoms with Crippen LogP contribution in [0.5, 0.6) is 0 Å². The van der Waals surface area contributed by atoms with Crippen molar-refractivity contribution in [1.82, 2.24) is 20.3 Å². The van der Waals surface area contributed by atoms with E-state index >= 15 is 0 Å². The van der Waals surface area contributed by atoms with Crippen LogP contribution >= 0.6 is 0 Å². The molecule has 0 radical (unpaired) electrons. The summed E-state index contributed by atoms with van der Waals surface area (Å²) in [6.07, 6.45) is 1.82. The summed E-state index contributed by atoms with van der Waals surface area (Å²) in [5.74, 6) is 0.149. The first-order chi connectivity index (χ1) is 12.9. The molecule has 7 heteroatoms. The first kappa shape index (κ1) is 16.2. The summed E-state index contributed by atoms with van der Waals surface area (Å²) >= 11 is 0. The number of aromatic nitrogens is 3. The van der Waals surface area contributed by atoms with E-state index in [1.807, 2.05) is 20.8 Å². The van der Waals surface area contributed by atoms with Crippen LogP contribution in [0.4, 0.5) is 10.2 Å². The maximum Gasteiger partial charge on any atom is 0.253 e. The van der Waals surface area contributed by atoms with Crippen molar-refractivity contribution in [2.75, 3.05) is 5.32 Å². The first-order valence-corrected chi connectivity index (χ1v) is 9.18. The van der Waals surface area contributed by atoms with Crippen LogP contribution in [0.3, 0.4) is 0 Å². The normalized spacial score (nSPS) is 16.9. The maximum atomic E-state index is 14.9. The number of anilines is 1. The third kappa shape index (κ3) is 2.34. The van der Waals surface area contributed by atoms with Crippen molar-refractivity contribution in [1.29, 1.82) is 0 Å². The fourth-order valence-electron chi connectivity index (χ4n) is 3.84. The molecular weight excluding hydrogens is 345 g/mol. The van der Waals surface area contributed by atoms with E-state index in [0.717, 1.165) is 24.2 Å². The second-order valence-corrected chi connectivity index (χ2v) is 7.75. The van der Waals surface area contributed by atoms with E-state index in [0.29, 0.717) is 33.7 Å². The van der Waals surface area contributed by atoms with Crippen LogP contribution in [0.25, 0.3) is 22.3 Å². The van der Waals surface area contributed by atoms with E-state index in [9.17, 15) is 9.18 Å². The van der Waals surface area contributed by atoms with Gasteiger partial charge in [0.05, 0.1) is 39.3 Å². The molecule has 0 bridgehead atoms. The molecule has 138 valence electrons. The number of hydrogen-bond acceptors (Lipinski definition) is 4. The third-order valence-corrected chi connectivity index (χ3v) is 5.30. The second kappa shape index (κ2) is 5.28. The molecule has 1 aliphatic heterocycles. The first-order valence-electron chi connectivity index (χ1n) is 9.18. The summed E-state index contributed by atoms with van der Waals surface area (Å²) in [6.45, 7) is 5.91. The minimum atomic E-state index is -0.388. The Kier molecular flexibility index (Phi) is 3.17. The standard InChI is InChI=1S/C20H20FN5O/c1-9(2)22-18-10(3)23-13-5-4-12(21)15(16(13)25-18)14-8-11-17(24-14)20(6-7-20)26-19(11)27/h4-5,8-9,24H,6-7H2,1-3H3,(H,22,25)(H,26,27). The maximum absolute atomic E-state index is 14.9. The Balaban J connectivity index is 1.72. The highest BCUT2D eigenvalue weighted by Gasteiger charge is 2.53. The minimum absolute atomic E-state index is 0.102. The molecule has 1 aliphatic carbocycles. The van der Waals surface area contributed by atoms with Crippen molar-refractivity contribution in [3.05, 3.63) is 41.0 Å². The average molecular weight is 365 g/mol. The predicted molar refractivity (Wildman–Crippen MR) is 101 cm³/mol.